The molecule has 1 amide bonds. The average molecular weight is 247 g/mol. The van der Waals surface area contributed by atoms with Crippen molar-refractivity contribution in [3.05, 3.63) is 0 Å². The van der Waals surface area contributed by atoms with E-state index in [4.69, 9.17) is 0 Å². The van der Waals surface area contributed by atoms with Gasteiger partial charge in [0.1, 0.15) is 0 Å². The first-order chi connectivity index (χ1) is 7.36. The number of carbonyl (C=O) groups is 1. The second-order valence-electron chi connectivity index (χ2n) is 4.89. The fraction of sp³-hybridized carbons (Fsp3) is 0.917. The van der Waals surface area contributed by atoms with E-state index in [1.54, 1.807) is 0 Å². The van der Waals surface area contributed by atoms with Crippen LogP contribution in [0.5, 0.6) is 0 Å². The monoisotopic (exact) mass is 246 g/mol. The molecule has 0 aromatic rings. The molecule has 0 bridgehead atoms. The van der Waals surface area contributed by atoms with Gasteiger partial charge in [0.15, 0.2) is 0 Å². The van der Waals surface area contributed by atoms with E-state index in [9.17, 15) is 4.79 Å². The maximum absolute atomic E-state index is 11.9. The Morgan fingerprint density at radius 1 is 1.06 bits per heavy atom. The molecule has 2 rings (SSSR count). The zero-order chi connectivity index (χ0) is 10.5. The number of hydrogen-bond acceptors (Lipinski definition) is 2. The van der Waals surface area contributed by atoms with Gasteiger partial charge in [-0.05, 0) is 32.2 Å². The van der Waals surface area contributed by atoms with Gasteiger partial charge in [-0.15, -0.1) is 12.4 Å². The van der Waals surface area contributed by atoms with Gasteiger partial charge in [-0.1, -0.05) is 19.3 Å². The average Bonchev–Trinajstić information content (AvgIpc) is 2.31. The van der Waals surface area contributed by atoms with Gasteiger partial charge in [0.05, 0.1) is 5.92 Å². The molecule has 1 saturated carbocycles. The van der Waals surface area contributed by atoms with Crippen LogP contribution in [0.25, 0.3) is 0 Å². The van der Waals surface area contributed by atoms with Crippen LogP contribution < -0.4 is 10.6 Å². The number of amides is 1. The summed E-state index contributed by atoms with van der Waals surface area (Å²) >= 11 is 0. The van der Waals surface area contributed by atoms with Crippen LogP contribution in [0.2, 0.25) is 0 Å². The van der Waals surface area contributed by atoms with Crippen molar-refractivity contribution >= 4 is 18.3 Å². The summed E-state index contributed by atoms with van der Waals surface area (Å²) in [4.78, 5) is 11.9. The van der Waals surface area contributed by atoms with E-state index in [0.29, 0.717) is 6.04 Å². The van der Waals surface area contributed by atoms with Gasteiger partial charge in [0, 0.05) is 12.6 Å². The lowest BCUT2D eigenvalue weighted by Gasteiger charge is -2.27. The van der Waals surface area contributed by atoms with Gasteiger partial charge >= 0.3 is 0 Å². The van der Waals surface area contributed by atoms with Crippen molar-refractivity contribution < 1.29 is 4.79 Å². The molecule has 0 spiro atoms. The number of carbonyl (C=O) groups excluding carboxylic acids is 1. The van der Waals surface area contributed by atoms with E-state index in [1.807, 2.05) is 0 Å². The molecular formula is C12H23ClN2O. The molecule has 2 fully saturated rings. The highest BCUT2D eigenvalue weighted by molar-refractivity contribution is 5.85. The maximum atomic E-state index is 11.9. The largest absolute Gasteiger partial charge is 0.353 e. The Bertz CT molecular complexity index is 211. The number of hydrogen-bond donors (Lipinski definition) is 2. The highest BCUT2D eigenvalue weighted by Crippen LogP contribution is 2.18. The highest BCUT2D eigenvalue weighted by atomic mass is 35.5. The normalized spacial score (nSPS) is 26.9. The summed E-state index contributed by atoms with van der Waals surface area (Å²) in [6.07, 6.45) is 8.49. The Kier molecular flexibility index (Phi) is 6.14. The first kappa shape index (κ1) is 13.8. The van der Waals surface area contributed by atoms with Gasteiger partial charge in [-0.3, -0.25) is 4.79 Å². The molecule has 4 heteroatoms. The molecule has 1 aliphatic heterocycles. The first-order valence-electron chi connectivity index (χ1n) is 6.37. The fourth-order valence-electron chi connectivity index (χ4n) is 2.64. The van der Waals surface area contributed by atoms with Gasteiger partial charge in [-0.2, -0.15) is 0 Å². The molecule has 3 nitrogen and oxygen atoms in total. The van der Waals surface area contributed by atoms with Crippen molar-refractivity contribution in [3.63, 3.8) is 0 Å². The zero-order valence-electron chi connectivity index (χ0n) is 9.84. The van der Waals surface area contributed by atoms with Crippen molar-refractivity contribution in [2.24, 2.45) is 5.92 Å². The van der Waals surface area contributed by atoms with Crippen LogP contribution in [-0.4, -0.2) is 25.0 Å². The predicted molar refractivity (Wildman–Crippen MR) is 67.9 cm³/mol. The number of piperidine rings is 1. The molecule has 1 saturated heterocycles. The summed E-state index contributed by atoms with van der Waals surface area (Å²) in [5, 5.41) is 6.50. The van der Waals surface area contributed by atoms with E-state index in [2.05, 4.69) is 10.6 Å². The second kappa shape index (κ2) is 7.13. The number of nitrogens with one attached hydrogen (secondary N) is 2. The van der Waals surface area contributed by atoms with Crippen LogP contribution in [0.4, 0.5) is 0 Å². The first-order valence-corrected chi connectivity index (χ1v) is 6.37. The lowest BCUT2D eigenvalue weighted by molar-refractivity contribution is -0.126. The lowest BCUT2D eigenvalue weighted by atomic mass is 9.93. The van der Waals surface area contributed by atoms with Crippen LogP contribution in [-0.2, 0) is 4.79 Å². The summed E-state index contributed by atoms with van der Waals surface area (Å²) in [5.41, 5.74) is 0. The Labute approximate surface area is 104 Å². The zero-order valence-corrected chi connectivity index (χ0v) is 10.7. The van der Waals surface area contributed by atoms with E-state index >= 15 is 0 Å². The van der Waals surface area contributed by atoms with E-state index in [-0.39, 0.29) is 24.2 Å². The van der Waals surface area contributed by atoms with Crippen LogP contribution in [0.3, 0.4) is 0 Å². The molecule has 0 aromatic carbocycles. The molecule has 1 heterocycles. The molecule has 2 N–H and O–H groups in total. The van der Waals surface area contributed by atoms with E-state index in [0.717, 1.165) is 25.9 Å². The van der Waals surface area contributed by atoms with Crippen LogP contribution in [0.15, 0.2) is 0 Å². The maximum Gasteiger partial charge on any atom is 0.224 e. The fourth-order valence-corrected chi connectivity index (χ4v) is 2.64. The van der Waals surface area contributed by atoms with Crippen molar-refractivity contribution in [2.45, 2.75) is 51.0 Å². The summed E-state index contributed by atoms with van der Waals surface area (Å²) in [6, 6.07) is 0.466. The summed E-state index contributed by atoms with van der Waals surface area (Å²) in [6.45, 7) is 1.95. The Morgan fingerprint density at radius 2 is 1.81 bits per heavy atom. The smallest absolute Gasteiger partial charge is 0.224 e. The third-order valence-corrected chi connectivity index (χ3v) is 3.62. The number of halogens is 1. The van der Waals surface area contributed by atoms with Crippen molar-refractivity contribution in [2.75, 3.05) is 13.1 Å². The summed E-state index contributed by atoms with van der Waals surface area (Å²) in [7, 11) is 0. The van der Waals surface area contributed by atoms with Crippen molar-refractivity contribution in [3.8, 4) is 0 Å². The molecular weight excluding hydrogens is 224 g/mol. The molecule has 1 atom stereocenters. The SMILES string of the molecule is Cl.O=C(NC1CCCCC1)[C@@H]1CCCNC1. The summed E-state index contributed by atoms with van der Waals surface area (Å²) < 4.78 is 0. The molecule has 0 aromatic heterocycles. The standard InChI is InChI=1S/C12H22N2O.ClH/c15-12(10-5-4-8-13-9-10)14-11-6-2-1-3-7-11;/h10-11,13H,1-9H2,(H,14,15);1H/t10-;/m1./s1. The Balaban J connectivity index is 0.00000128. The molecule has 2 aliphatic rings. The third kappa shape index (κ3) is 3.95. The quantitative estimate of drug-likeness (QED) is 0.781. The van der Waals surface area contributed by atoms with Gasteiger partial charge in [0.25, 0.3) is 0 Å². The molecule has 0 radical (unpaired) electrons. The topological polar surface area (TPSA) is 41.1 Å². The molecule has 1 aliphatic carbocycles. The minimum absolute atomic E-state index is 0. The van der Waals surface area contributed by atoms with Gasteiger partial charge in [-0.25, -0.2) is 0 Å². The Hall–Kier alpha value is -0.280. The van der Waals surface area contributed by atoms with E-state index in [1.165, 1.54) is 32.1 Å². The minimum Gasteiger partial charge on any atom is -0.353 e. The molecule has 16 heavy (non-hydrogen) atoms. The highest BCUT2D eigenvalue weighted by Gasteiger charge is 2.23. The lowest BCUT2D eigenvalue weighted by Crippen LogP contribution is -2.44. The predicted octanol–water partition coefficient (Wildman–Crippen LogP) is 1.86. The molecule has 0 unspecified atom stereocenters. The van der Waals surface area contributed by atoms with E-state index < -0.39 is 0 Å². The van der Waals surface area contributed by atoms with Crippen molar-refractivity contribution in [1.82, 2.24) is 10.6 Å². The van der Waals surface area contributed by atoms with Gasteiger partial charge in [0.2, 0.25) is 5.91 Å². The van der Waals surface area contributed by atoms with Crippen LogP contribution >= 0.6 is 12.4 Å². The van der Waals surface area contributed by atoms with Gasteiger partial charge < -0.3 is 10.6 Å². The minimum atomic E-state index is 0. The Morgan fingerprint density at radius 3 is 2.44 bits per heavy atom. The second-order valence-corrected chi connectivity index (χ2v) is 4.89. The third-order valence-electron chi connectivity index (χ3n) is 3.62. The van der Waals surface area contributed by atoms with Crippen molar-refractivity contribution in [1.29, 1.82) is 0 Å². The number of rotatable bonds is 2. The molecule has 94 valence electrons. The summed E-state index contributed by atoms with van der Waals surface area (Å²) in [5.74, 6) is 0.509. The van der Waals surface area contributed by atoms with Crippen LogP contribution in [0.1, 0.15) is 44.9 Å². The van der Waals surface area contributed by atoms with Crippen LogP contribution in [0, 0.1) is 5.92 Å².